The summed E-state index contributed by atoms with van der Waals surface area (Å²) in [6, 6.07) is 19.6. The Kier molecular flexibility index (Phi) is 5.92. The van der Waals surface area contributed by atoms with Gasteiger partial charge in [-0.05, 0) is 54.8 Å². The number of para-hydroxylation sites is 2. The monoisotopic (exact) mass is 518 g/mol. The second-order valence-electron chi connectivity index (χ2n) is 9.21. The van der Waals surface area contributed by atoms with Crippen LogP contribution >= 0.6 is 11.6 Å². The molecule has 0 amide bonds. The second-order valence-corrected chi connectivity index (χ2v) is 9.61. The Bertz CT molecular complexity index is 1660. The first-order valence-corrected chi connectivity index (χ1v) is 12.5. The smallest absolute Gasteiger partial charge is 0.297 e. The van der Waals surface area contributed by atoms with Gasteiger partial charge in [-0.15, -0.1) is 4.73 Å². The molecule has 3 heterocycles. The molecule has 0 radical (unpaired) electrons. The molecule has 2 N–H and O–H groups in total. The van der Waals surface area contributed by atoms with E-state index in [2.05, 4.69) is 14.9 Å². The van der Waals surface area contributed by atoms with Crippen molar-refractivity contribution < 1.29 is 9.60 Å². The van der Waals surface area contributed by atoms with Gasteiger partial charge in [-0.1, -0.05) is 41.9 Å². The number of aromatic nitrogens is 4. The van der Waals surface area contributed by atoms with Crippen LogP contribution in [-0.4, -0.2) is 43.6 Å². The number of anilines is 2. The zero-order valence-corrected chi connectivity index (χ0v) is 20.6. The number of hydrogen-bond donors (Lipinski definition) is 2. The zero-order valence-electron chi connectivity index (χ0n) is 19.8. The Hall–Kier alpha value is -4.11. The van der Waals surface area contributed by atoms with Gasteiger partial charge >= 0.3 is 0 Å². The molecule has 0 bridgehead atoms. The van der Waals surface area contributed by atoms with Gasteiger partial charge in [0.1, 0.15) is 5.82 Å². The topological polar surface area (TPSA) is 88.2 Å². The molecule has 2 aromatic heterocycles. The molecule has 1 saturated heterocycles. The number of piperidine rings is 1. The van der Waals surface area contributed by atoms with Crippen molar-refractivity contribution in [3.05, 3.63) is 93.5 Å². The number of rotatable bonds is 5. The van der Waals surface area contributed by atoms with Crippen molar-refractivity contribution in [1.29, 1.82) is 0 Å². The molecule has 5 aromatic rings. The molecule has 6 rings (SSSR count). The summed E-state index contributed by atoms with van der Waals surface area (Å²) in [4.78, 5) is 24.0. The lowest BCUT2D eigenvalue weighted by atomic mass is 10.1. The van der Waals surface area contributed by atoms with Crippen molar-refractivity contribution in [1.82, 2.24) is 19.3 Å². The largest absolute Gasteiger partial charge is 0.422 e. The maximum atomic E-state index is 13.4. The Labute approximate surface area is 216 Å². The molecule has 1 fully saturated rings. The van der Waals surface area contributed by atoms with Gasteiger partial charge in [-0.25, -0.2) is 14.4 Å². The predicted octanol–water partition coefficient (Wildman–Crippen LogP) is 4.91. The van der Waals surface area contributed by atoms with Crippen molar-refractivity contribution in [3.8, 4) is 0 Å². The molecule has 1 aliphatic rings. The first-order chi connectivity index (χ1) is 18.0. The summed E-state index contributed by atoms with van der Waals surface area (Å²) >= 11 is 6.16. The fraction of sp³-hybridized carbons (Fsp3) is 0.222. The zero-order chi connectivity index (χ0) is 25.5. The summed E-state index contributed by atoms with van der Waals surface area (Å²) < 4.78 is 16.1. The van der Waals surface area contributed by atoms with Gasteiger partial charge < -0.3 is 20.0 Å². The maximum absolute atomic E-state index is 13.4. The van der Waals surface area contributed by atoms with E-state index in [0.717, 1.165) is 35.4 Å². The first kappa shape index (κ1) is 23.3. The highest BCUT2D eigenvalue weighted by atomic mass is 35.5. The van der Waals surface area contributed by atoms with Crippen LogP contribution in [-0.2, 0) is 6.54 Å². The highest BCUT2D eigenvalue weighted by Crippen LogP contribution is 2.26. The molecule has 37 heavy (non-hydrogen) atoms. The van der Waals surface area contributed by atoms with Crippen molar-refractivity contribution >= 4 is 45.4 Å². The Morgan fingerprint density at radius 1 is 0.973 bits per heavy atom. The highest BCUT2D eigenvalue weighted by Gasteiger charge is 2.25. The number of imidazole rings is 1. The average molecular weight is 519 g/mol. The summed E-state index contributed by atoms with van der Waals surface area (Å²) in [7, 11) is 0. The number of nitrogens with one attached hydrogen (secondary N) is 1. The minimum absolute atomic E-state index is 0.133. The third kappa shape index (κ3) is 4.35. The molecule has 0 aliphatic carbocycles. The molecule has 1 aliphatic heterocycles. The van der Waals surface area contributed by atoms with E-state index in [1.54, 1.807) is 30.3 Å². The molecule has 3 aromatic carbocycles. The normalized spacial score (nSPS) is 14.5. The third-order valence-corrected chi connectivity index (χ3v) is 7.14. The van der Waals surface area contributed by atoms with Gasteiger partial charge in [0, 0.05) is 19.1 Å². The van der Waals surface area contributed by atoms with Crippen LogP contribution in [0.2, 0.25) is 5.02 Å². The van der Waals surface area contributed by atoms with E-state index in [0.29, 0.717) is 29.9 Å². The number of benzene rings is 3. The number of hydrogen-bond acceptors (Lipinski definition) is 6. The molecule has 0 spiro atoms. The van der Waals surface area contributed by atoms with E-state index < -0.39 is 5.56 Å². The van der Waals surface area contributed by atoms with E-state index in [9.17, 15) is 14.4 Å². The van der Waals surface area contributed by atoms with Crippen LogP contribution in [0.25, 0.3) is 21.9 Å². The summed E-state index contributed by atoms with van der Waals surface area (Å²) in [5, 5.41) is 14.6. The van der Waals surface area contributed by atoms with E-state index in [-0.39, 0.29) is 28.2 Å². The summed E-state index contributed by atoms with van der Waals surface area (Å²) in [5.41, 5.74) is 2.72. The van der Waals surface area contributed by atoms with Gasteiger partial charge in [-0.2, -0.15) is 0 Å². The number of halogens is 2. The van der Waals surface area contributed by atoms with E-state index in [1.165, 1.54) is 12.1 Å². The van der Waals surface area contributed by atoms with Crippen molar-refractivity contribution in [2.45, 2.75) is 25.4 Å². The van der Waals surface area contributed by atoms with Gasteiger partial charge in [0.2, 0.25) is 11.9 Å². The lowest BCUT2D eigenvalue weighted by molar-refractivity contribution is 0.175. The molecular formula is C27H24ClFN6O2. The average Bonchev–Trinajstić information content (AvgIpc) is 3.24. The number of fused-ring (bicyclic) bond motifs is 2. The second kappa shape index (κ2) is 9.40. The van der Waals surface area contributed by atoms with Crippen LogP contribution in [0.1, 0.15) is 18.4 Å². The fourth-order valence-electron chi connectivity index (χ4n) is 4.90. The van der Waals surface area contributed by atoms with Crippen LogP contribution in [0.15, 0.2) is 71.5 Å². The van der Waals surface area contributed by atoms with Gasteiger partial charge in [0.15, 0.2) is 0 Å². The van der Waals surface area contributed by atoms with Crippen molar-refractivity contribution in [2.24, 2.45) is 0 Å². The van der Waals surface area contributed by atoms with Crippen molar-refractivity contribution in [3.63, 3.8) is 0 Å². The summed E-state index contributed by atoms with van der Waals surface area (Å²) in [5.74, 6) is 0.699. The Morgan fingerprint density at radius 3 is 2.49 bits per heavy atom. The van der Waals surface area contributed by atoms with E-state index in [4.69, 9.17) is 16.6 Å². The van der Waals surface area contributed by atoms with Crippen LogP contribution in [0.3, 0.4) is 0 Å². The minimum Gasteiger partial charge on any atom is -0.422 e. The van der Waals surface area contributed by atoms with Crippen LogP contribution in [0, 0.1) is 5.82 Å². The van der Waals surface area contributed by atoms with Crippen LogP contribution in [0.4, 0.5) is 16.3 Å². The minimum atomic E-state index is -0.583. The van der Waals surface area contributed by atoms with Gasteiger partial charge in [-0.3, -0.25) is 4.79 Å². The van der Waals surface area contributed by atoms with Gasteiger partial charge in [0.25, 0.3) is 5.56 Å². The van der Waals surface area contributed by atoms with E-state index >= 15 is 0 Å². The highest BCUT2D eigenvalue weighted by molar-refractivity contribution is 6.35. The lowest BCUT2D eigenvalue weighted by Crippen LogP contribution is -2.42. The molecule has 188 valence electrons. The Balaban J connectivity index is 1.22. The molecule has 0 saturated carbocycles. The molecule has 10 heteroatoms. The first-order valence-electron chi connectivity index (χ1n) is 12.1. The summed E-state index contributed by atoms with van der Waals surface area (Å²) in [6.45, 7) is 1.74. The van der Waals surface area contributed by atoms with Crippen LogP contribution in [0.5, 0.6) is 0 Å². The maximum Gasteiger partial charge on any atom is 0.297 e. The predicted molar refractivity (Wildman–Crippen MR) is 142 cm³/mol. The van der Waals surface area contributed by atoms with Crippen LogP contribution < -0.4 is 15.8 Å². The third-order valence-electron chi connectivity index (χ3n) is 6.83. The SMILES string of the molecule is O=c1c2c(Cl)cccc2nc(N2CCC(Nc3nc4ccccc4n3Cc3ccc(F)cc3)CC2)n1O. The number of nitrogens with zero attached hydrogens (tertiary/aromatic N) is 5. The van der Waals surface area contributed by atoms with Crippen molar-refractivity contribution in [2.75, 3.05) is 23.3 Å². The fourth-order valence-corrected chi connectivity index (χ4v) is 5.15. The standard InChI is InChI=1S/C27H24ClFN6O2/c28-20-4-3-6-22-24(20)25(36)35(37)27(32-22)33-14-12-19(13-15-33)30-26-31-21-5-1-2-7-23(21)34(26)16-17-8-10-18(29)11-9-17/h1-11,19,37H,12-16H2,(H,30,31). The molecule has 0 atom stereocenters. The molecule has 8 nitrogen and oxygen atoms in total. The Morgan fingerprint density at radius 2 is 1.70 bits per heavy atom. The lowest BCUT2D eigenvalue weighted by Gasteiger charge is -2.33. The molecule has 0 unspecified atom stereocenters. The summed E-state index contributed by atoms with van der Waals surface area (Å²) in [6.07, 6.45) is 1.51. The quantitative estimate of drug-likeness (QED) is 0.322. The van der Waals surface area contributed by atoms with Gasteiger partial charge in [0.05, 0.1) is 33.5 Å². The van der Waals surface area contributed by atoms with E-state index in [1.807, 2.05) is 29.2 Å². The molecular weight excluding hydrogens is 495 g/mol.